The lowest BCUT2D eigenvalue weighted by atomic mass is 10.3. The van der Waals surface area contributed by atoms with Crippen LogP contribution in [-0.4, -0.2) is 32.5 Å². The summed E-state index contributed by atoms with van der Waals surface area (Å²) in [6, 6.07) is 2.37. The van der Waals surface area contributed by atoms with E-state index in [1.165, 1.54) is 0 Å². The first-order valence-corrected chi connectivity index (χ1v) is 6.06. The second-order valence-electron chi connectivity index (χ2n) is 3.56. The quantitative estimate of drug-likeness (QED) is 0.678. The molecule has 0 aliphatic heterocycles. The first kappa shape index (κ1) is 14.7. The van der Waals surface area contributed by atoms with E-state index in [4.69, 9.17) is 5.73 Å². The van der Waals surface area contributed by atoms with Gasteiger partial charge in [-0.05, 0) is 18.2 Å². The maximum atomic E-state index is 12.7. The Hall–Kier alpha value is -1.35. The SMILES string of the molecule is CN(CC(F)(F)F)S(=O)(=O)c1ccc(F)cc1N. The third-order valence-electron chi connectivity index (χ3n) is 2.06. The Labute approximate surface area is 101 Å². The van der Waals surface area contributed by atoms with Gasteiger partial charge in [0.1, 0.15) is 17.3 Å². The molecule has 0 aliphatic rings. The monoisotopic (exact) mass is 286 g/mol. The van der Waals surface area contributed by atoms with Crippen LogP contribution in [0, 0.1) is 5.82 Å². The number of nitrogens with zero attached hydrogens (tertiary/aromatic N) is 1. The van der Waals surface area contributed by atoms with Crippen molar-refractivity contribution in [2.24, 2.45) is 0 Å². The van der Waals surface area contributed by atoms with Gasteiger partial charge >= 0.3 is 6.18 Å². The zero-order valence-corrected chi connectivity index (χ0v) is 10.0. The van der Waals surface area contributed by atoms with Gasteiger partial charge in [0, 0.05) is 7.05 Å². The average Bonchev–Trinajstić information content (AvgIpc) is 2.13. The number of benzene rings is 1. The summed E-state index contributed by atoms with van der Waals surface area (Å²) in [6.07, 6.45) is -4.67. The zero-order valence-electron chi connectivity index (χ0n) is 9.20. The van der Waals surface area contributed by atoms with Crippen LogP contribution in [0.3, 0.4) is 0 Å². The first-order valence-electron chi connectivity index (χ1n) is 4.62. The van der Waals surface area contributed by atoms with Crippen LogP contribution < -0.4 is 5.73 Å². The Morgan fingerprint density at radius 3 is 2.33 bits per heavy atom. The van der Waals surface area contributed by atoms with Gasteiger partial charge in [-0.1, -0.05) is 0 Å². The van der Waals surface area contributed by atoms with Crippen LogP contribution in [0.4, 0.5) is 23.2 Å². The number of hydrogen-bond donors (Lipinski definition) is 1. The number of nitrogens with two attached hydrogens (primary N) is 1. The van der Waals surface area contributed by atoms with Crippen LogP contribution in [0.2, 0.25) is 0 Å². The molecular weight excluding hydrogens is 276 g/mol. The Balaban J connectivity index is 3.14. The summed E-state index contributed by atoms with van der Waals surface area (Å²) in [4.78, 5) is -0.560. The number of hydrogen-bond acceptors (Lipinski definition) is 3. The van der Waals surface area contributed by atoms with Gasteiger partial charge in [0.15, 0.2) is 0 Å². The molecule has 9 heteroatoms. The topological polar surface area (TPSA) is 63.4 Å². The van der Waals surface area contributed by atoms with Crippen LogP contribution >= 0.6 is 0 Å². The predicted molar refractivity (Wildman–Crippen MR) is 56.7 cm³/mol. The summed E-state index contributed by atoms with van der Waals surface area (Å²) in [5, 5.41) is 0. The maximum Gasteiger partial charge on any atom is 0.402 e. The van der Waals surface area contributed by atoms with Crippen LogP contribution in [0.25, 0.3) is 0 Å². The molecule has 0 aromatic heterocycles. The molecule has 18 heavy (non-hydrogen) atoms. The number of sulfonamides is 1. The second-order valence-corrected chi connectivity index (χ2v) is 5.57. The largest absolute Gasteiger partial charge is 0.402 e. The van der Waals surface area contributed by atoms with E-state index in [0.29, 0.717) is 0 Å². The number of alkyl halides is 3. The molecule has 0 spiro atoms. The minimum atomic E-state index is -4.67. The lowest BCUT2D eigenvalue weighted by Crippen LogP contribution is -2.36. The van der Waals surface area contributed by atoms with Crippen molar-refractivity contribution in [3.63, 3.8) is 0 Å². The fourth-order valence-corrected chi connectivity index (χ4v) is 2.51. The van der Waals surface area contributed by atoms with E-state index in [-0.39, 0.29) is 4.31 Å². The fraction of sp³-hybridized carbons (Fsp3) is 0.333. The van der Waals surface area contributed by atoms with Gasteiger partial charge in [0.25, 0.3) is 0 Å². The van der Waals surface area contributed by atoms with Crippen molar-refractivity contribution in [1.29, 1.82) is 0 Å². The highest BCUT2D eigenvalue weighted by Gasteiger charge is 2.35. The van der Waals surface area contributed by atoms with Crippen LogP contribution in [-0.2, 0) is 10.0 Å². The van der Waals surface area contributed by atoms with Crippen molar-refractivity contribution >= 4 is 15.7 Å². The van der Waals surface area contributed by atoms with Gasteiger partial charge in [0.2, 0.25) is 10.0 Å². The molecule has 0 bridgehead atoms. The second kappa shape index (κ2) is 4.73. The van der Waals surface area contributed by atoms with E-state index in [1.807, 2.05) is 0 Å². The summed E-state index contributed by atoms with van der Waals surface area (Å²) >= 11 is 0. The molecule has 2 N–H and O–H groups in total. The number of rotatable bonds is 3. The molecule has 1 aromatic rings. The number of nitrogen functional groups attached to an aromatic ring is 1. The predicted octanol–water partition coefficient (Wildman–Crippen LogP) is 1.59. The Morgan fingerprint density at radius 1 is 1.33 bits per heavy atom. The minimum absolute atomic E-state index is 0.108. The summed E-state index contributed by atoms with van der Waals surface area (Å²) in [6.45, 7) is -1.65. The Morgan fingerprint density at radius 2 is 1.89 bits per heavy atom. The van der Waals surface area contributed by atoms with Crippen molar-refractivity contribution < 1.29 is 26.0 Å². The molecule has 1 aromatic carbocycles. The van der Waals surface area contributed by atoms with Gasteiger partial charge < -0.3 is 5.73 Å². The highest BCUT2D eigenvalue weighted by atomic mass is 32.2. The van der Waals surface area contributed by atoms with Crippen LogP contribution in [0.15, 0.2) is 23.1 Å². The van der Waals surface area contributed by atoms with E-state index >= 15 is 0 Å². The number of anilines is 1. The molecule has 0 amide bonds. The third kappa shape index (κ3) is 3.33. The van der Waals surface area contributed by atoms with Gasteiger partial charge in [-0.15, -0.1) is 0 Å². The molecule has 0 radical (unpaired) electrons. The van der Waals surface area contributed by atoms with E-state index in [2.05, 4.69) is 0 Å². The molecule has 0 fully saturated rings. The fourth-order valence-electron chi connectivity index (χ4n) is 1.26. The van der Waals surface area contributed by atoms with E-state index in [0.717, 1.165) is 25.2 Å². The molecule has 1 rings (SSSR count). The molecule has 0 saturated heterocycles. The third-order valence-corrected chi connectivity index (χ3v) is 3.94. The molecular formula is C9H10F4N2O2S. The lowest BCUT2D eigenvalue weighted by Gasteiger charge is -2.19. The van der Waals surface area contributed by atoms with Crippen LogP contribution in [0.1, 0.15) is 0 Å². The van der Waals surface area contributed by atoms with Gasteiger partial charge in [-0.2, -0.15) is 17.5 Å². The molecule has 0 saturated carbocycles. The zero-order chi connectivity index (χ0) is 14.1. The average molecular weight is 286 g/mol. The smallest absolute Gasteiger partial charge is 0.398 e. The number of halogens is 4. The molecule has 0 heterocycles. The highest BCUT2D eigenvalue weighted by Crippen LogP contribution is 2.25. The minimum Gasteiger partial charge on any atom is -0.398 e. The van der Waals surface area contributed by atoms with Gasteiger partial charge in [0.05, 0.1) is 5.69 Å². The normalized spacial score (nSPS) is 13.0. The summed E-state index contributed by atoms with van der Waals surface area (Å²) in [7, 11) is -3.63. The Bertz CT molecular complexity index is 542. The Kier molecular flexibility index (Phi) is 3.86. The van der Waals surface area contributed by atoms with E-state index < -0.39 is 39.1 Å². The van der Waals surface area contributed by atoms with Crippen molar-refractivity contribution in [2.45, 2.75) is 11.1 Å². The lowest BCUT2D eigenvalue weighted by molar-refractivity contribution is -0.134. The highest BCUT2D eigenvalue weighted by molar-refractivity contribution is 7.89. The summed E-state index contributed by atoms with van der Waals surface area (Å²) in [5.74, 6) is -0.773. The van der Waals surface area contributed by atoms with Gasteiger partial charge in [-0.25, -0.2) is 12.8 Å². The van der Waals surface area contributed by atoms with Crippen LogP contribution in [0.5, 0.6) is 0 Å². The van der Waals surface area contributed by atoms with Gasteiger partial charge in [-0.3, -0.25) is 0 Å². The van der Waals surface area contributed by atoms with Crippen molar-refractivity contribution in [3.8, 4) is 0 Å². The van der Waals surface area contributed by atoms with E-state index in [1.54, 1.807) is 0 Å². The molecule has 0 aliphatic carbocycles. The van der Waals surface area contributed by atoms with Crippen molar-refractivity contribution in [3.05, 3.63) is 24.0 Å². The summed E-state index contributed by atoms with van der Waals surface area (Å²) < 4.78 is 72.7. The van der Waals surface area contributed by atoms with E-state index in [9.17, 15) is 26.0 Å². The molecule has 102 valence electrons. The van der Waals surface area contributed by atoms with Crippen molar-refractivity contribution in [1.82, 2.24) is 4.31 Å². The molecule has 0 unspecified atom stereocenters. The standard InChI is InChI=1S/C9H10F4N2O2S/c1-15(5-9(11,12)13)18(16,17)8-3-2-6(10)4-7(8)14/h2-4H,5,14H2,1H3. The molecule has 4 nitrogen and oxygen atoms in total. The summed E-state index contributed by atoms with van der Waals surface area (Å²) in [5.41, 5.74) is 4.84. The molecule has 0 atom stereocenters. The maximum absolute atomic E-state index is 12.7. The first-order chi connectivity index (χ1) is 8.04. The van der Waals surface area contributed by atoms with Crippen molar-refractivity contribution in [2.75, 3.05) is 19.3 Å².